The highest BCUT2D eigenvalue weighted by atomic mass is 32.2. The van der Waals surface area contributed by atoms with E-state index in [-0.39, 0.29) is 5.78 Å². The summed E-state index contributed by atoms with van der Waals surface area (Å²) >= 11 is 1.31. The number of hydrogen-bond donors (Lipinski definition) is 1. The van der Waals surface area contributed by atoms with Gasteiger partial charge >= 0.3 is 0 Å². The summed E-state index contributed by atoms with van der Waals surface area (Å²) in [6.45, 7) is 4.10. The van der Waals surface area contributed by atoms with Gasteiger partial charge in [-0.1, -0.05) is 0 Å². The molecule has 0 radical (unpaired) electrons. The van der Waals surface area contributed by atoms with Crippen LogP contribution in [0, 0.1) is 6.92 Å². The number of nitrogens with one attached hydrogen (secondary N) is 1. The lowest BCUT2D eigenvalue weighted by atomic mass is 10.2. The summed E-state index contributed by atoms with van der Waals surface area (Å²) in [5.74, 6) is 0.716. The minimum absolute atomic E-state index is 0.0350. The Bertz CT molecular complexity index is 402. The second-order valence-corrected chi connectivity index (χ2v) is 5.91. The molecule has 6 heteroatoms. The predicted octanol–water partition coefficient (Wildman–Crippen LogP) is 1.83. The van der Waals surface area contributed by atoms with Crippen LogP contribution in [0.2, 0.25) is 0 Å². The molecule has 1 aromatic heterocycles. The van der Waals surface area contributed by atoms with E-state index in [1.165, 1.54) is 11.5 Å². The van der Waals surface area contributed by atoms with Gasteiger partial charge in [-0.3, -0.25) is 9.00 Å². The average molecular weight is 260 g/mol. The van der Waals surface area contributed by atoms with Gasteiger partial charge in [0.1, 0.15) is 5.00 Å². The van der Waals surface area contributed by atoms with E-state index < -0.39 is 10.8 Å². The van der Waals surface area contributed by atoms with Crippen LogP contribution in [-0.4, -0.2) is 32.9 Å². The minimum atomic E-state index is -0.752. The van der Waals surface area contributed by atoms with E-state index in [0.717, 1.165) is 23.7 Å². The molecule has 1 atom stereocenters. The Morgan fingerprint density at radius 3 is 2.81 bits per heavy atom. The number of nitrogens with zero attached hydrogens (tertiary/aromatic N) is 1. The Morgan fingerprint density at radius 2 is 2.25 bits per heavy atom. The van der Waals surface area contributed by atoms with Crippen molar-refractivity contribution in [2.24, 2.45) is 0 Å². The monoisotopic (exact) mass is 260 g/mol. The molecule has 1 N–H and O–H groups in total. The molecule has 0 aliphatic heterocycles. The first kappa shape index (κ1) is 13.3. The number of anilines is 1. The largest absolute Gasteiger partial charge is 0.375 e. The first-order valence-electron chi connectivity index (χ1n) is 5.03. The fourth-order valence-electron chi connectivity index (χ4n) is 1.38. The topological polar surface area (TPSA) is 59.1 Å². The summed E-state index contributed by atoms with van der Waals surface area (Å²) in [5.41, 5.74) is 1.46. The van der Waals surface area contributed by atoms with E-state index in [4.69, 9.17) is 0 Å². The zero-order chi connectivity index (χ0) is 12.1. The lowest BCUT2D eigenvalue weighted by molar-refractivity contribution is 0.101. The Hall–Kier alpha value is -0.750. The molecule has 0 amide bonds. The summed E-state index contributed by atoms with van der Waals surface area (Å²) in [6, 6.07) is 0. The van der Waals surface area contributed by atoms with Crippen molar-refractivity contribution in [1.82, 2.24) is 4.37 Å². The summed E-state index contributed by atoms with van der Waals surface area (Å²) in [5, 5.41) is 4.00. The molecule has 0 spiro atoms. The summed E-state index contributed by atoms with van der Waals surface area (Å²) in [4.78, 5) is 11.4. The number of Topliss-reactive ketones (excluding diaryl/α,β-unsaturated/α-hetero) is 1. The van der Waals surface area contributed by atoms with Gasteiger partial charge in [-0.05, 0) is 31.8 Å². The Labute approximate surface area is 102 Å². The molecule has 1 rings (SSSR count). The maximum Gasteiger partial charge on any atom is 0.164 e. The van der Waals surface area contributed by atoms with Gasteiger partial charge in [-0.25, -0.2) is 0 Å². The van der Waals surface area contributed by atoms with Crippen LogP contribution in [-0.2, 0) is 10.8 Å². The molecule has 4 nitrogen and oxygen atoms in total. The molecule has 0 aromatic carbocycles. The van der Waals surface area contributed by atoms with Gasteiger partial charge in [-0.15, -0.1) is 0 Å². The summed E-state index contributed by atoms with van der Waals surface area (Å²) < 4.78 is 15.0. The standard InChI is InChI=1S/C10H16N2O2S2/c1-7-9(8(2)13)10(15-12-7)11-5-4-6-16(3)14/h11H,4-6H2,1-3H3. The number of rotatable bonds is 6. The SMILES string of the molecule is CC(=O)c1c(C)nsc1NCCCS(C)=O. The van der Waals surface area contributed by atoms with E-state index in [1.54, 1.807) is 13.2 Å². The van der Waals surface area contributed by atoms with Gasteiger partial charge in [0.2, 0.25) is 0 Å². The van der Waals surface area contributed by atoms with E-state index in [9.17, 15) is 9.00 Å². The third kappa shape index (κ3) is 3.68. The lowest BCUT2D eigenvalue weighted by Gasteiger charge is -2.04. The van der Waals surface area contributed by atoms with Gasteiger partial charge in [0.05, 0.1) is 11.3 Å². The molecule has 0 saturated heterocycles. The third-order valence-corrected chi connectivity index (χ3v) is 3.87. The first-order chi connectivity index (χ1) is 7.52. The molecule has 1 unspecified atom stereocenters. The predicted molar refractivity (Wildman–Crippen MR) is 68.9 cm³/mol. The molecule has 90 valence electrons. The highest BCUT2D eigenvalue weighted by Gasteiger charge is 2.13. The number of aryl methyl sites for hydroxylation is 1. The summed E-state index contributed by atoms with van der Waals surface area (Å²) in [7, 11) is -0.752. The summed E-state index contributed by atoms with van der Waals surface area (Å²) in [6.07, 6.45) is 2.52. The van der Waals surface area contributed by atoms with Gasteiger partial charge < -0.3 is 5.32 Å². The van der Waals surface area contributed by atoms with Crippen LogP contribution < -0.4 is 5.32 Å². The molecule has 0 saturated carbocycles. The van der Waals surface area contributed by atoms with Crippen LogP contribution in [0.3, 0.4) is 0 Å². The second kappa shape index (κ2) is 6.10. The average Bonchev–Trinajstić information content (AvgIpc) is 2.54. The zero-order valence-electron chi connectivity index (χ0n) is 9.70. The maximum atomic E-state index is 11.4. The van der Waals surface area contributed by atoms with E-state index in [1.807, 2.05) is 6.92 Å². The van der Waals surface area contributed by atoms with Crippen molar-refractivity contribution in [3.05, 3.63) is 11.3 Å². The van der Waals surface area contributed by atoms with Crippen LogP contribution in [0.4, 0.5) is 5.00 Å². The molecule has 0 bridgehead atoms. The Morgan fingerprint density at radius 1 is 1.56 bits per heavy atom. The van der Waals surface area contributed by atoms with Crippen molar-refractivity contribution in [3.63, 3.8) is 0 Å². The van der Waals surface area contributed by atoms with Crippen LogP contribution in [0.25, 0.3) is 0 Å². The molecular weight excluding hydrogens is 244 g/mol. The van der Waals surface area contributed by atoms with Crippen LogP contribution in [0.1, 0.15) is 29.4 Å². The minimum Gasteiger partial charge on any atom is -0.375 e. The van der Waals surface area contributed by atoms with Crippen LogP contribution >= 0.6 is 11.5 Å². The fourth-order valence-corrected chi connectivity index (χ4v) is 2.80. The van der Waals surface area contributed by atoms with Crippen molar-refractivity contribution >= 4 is 33.1 Å². The molecule has 1 aromatic rings. The first-order valence-corrected chi connectivity index (χ1v) is 7.53. The molecule has 16 heavy (non-hydrogen) atoms. The van der Waals surface area contributed by atoms with Crippen molar-refractivity contribution in [2.45, 2.75) is 20.3 Å². The normalized spacial score (nSPS) is 12.4. The van der Waals surface area contributed by atoms with Crippen LogP contribution in [0.5, 0.6) is 0 Å². The number of aromatic nitrogens is 1. The van der Waals surface area contributed by atoms with Gasteiger partial charge in [0.15, 0.2) is 5.78 Å². The number of ketones is 1. The van der Waals surface area contributed by atoms with Crippen molar-refractivity contribution in [3.8, 4) is 0 Å². The quantitative estimate of drug-likeness (QED) is 0.626. The molecule has 0 fully saturated rings. The maximum absolute atomic E-state index is 11.4. The van der Waals surface area contributed by atoms with E-state index in [0.29, 0.717) is 11.3 Å². The smallest absolute Gasteiger partial charge is 0.164 e. The molecule has 1 heterocycles. The second-order valence-electron chi connectivity index (χ2n) is 3.59. The van der Waals surface area contributed by atoms with Crippen LogP contribution in [0.15, 0.2) is 0 Å². The zero-order valence-corrected chi connectivity index (χ0v) is 11.3. The number of carbonyl (C=O) groups excluding carboxylic acids is 1. The van der Waals surface area contributed by atoms with Gasteiger partial charge in [-0.2, -0.15) is 4.37 Å². The fraction of sp³-hybridized carbons (Fsp3) is 0.600. The van der Waals surface area contributed by atoms with Crippen molar-refractivity contribution in [1.29, 1.82) is 0 Å². The van der Waals surface area contributed by atoms with E-state index in [2.05, 4.69) is 9.69 Å². The third-order valence-electron chi connectivity index (χ3n) is 2.11. The Balaban J connectivity index is 2.54. The number of carbonyl (C=O) groups is 1. The van der Waals surface area contributed by atoms with Crippen molar-refractivity contribution < 1.29 is 9.00 Å². The molecular formula is C10H16N2O2S2. The lowest BCUT2D eigenvalue weighted by Crippen LogP contribution is -2.07. The highest BCUT2D eigenvalue weighted by Crippen LogP contribution is 2.24. The van der Waals surface area contributed by atoms with Crippen molar-refractivity contribution in [2.75, 3.05) is 23.9 Å². The van der Waals surface area contributed by atoms with E-state index >= 15 is 0 Å². The molecule has 0 aliphatic carbocycles. The molecule has 0 aliphatic rings. The Kier molecular flexibility index (Phi) is 5.08. The van der Waals surface area contributed by atoms with Gasteiger partial charge in [0, 0.05) is 29.4 Å². The highest BCUT2D eigenvalue weighted by molar-refractivity contribution is 7.84. The number of hydrogen-bond acceptors (Lipinski definition) is 5. The van der Waals surface area contributed by atoms with Gasteiger partial charge in [0.25, 0.3) is 0 Å².